The van der Waals surface area contributed by atoms with Gasteiger partial charge in [-0.3, -0.25) is 0 Å². The fraction of sp³-hybridized carbons (Fsp3) is 0.429. The van der Waals surface area contributed by atoms with Gasteiger partial charge in [-0.2, -0.15) is 0 Å². The van der Waals surface area contributed by atoms with E-state index in [0.29, 0.717) is 0 Å². The highest BCUT2D eigenvalue weighted by Gasteiger charge is 2.06. The zero-order valence-electron chi connectivity index (χ0n) is 12.1. The highest BCUT2D eigenvalue weighted by atomic mass is 32.2. The van der Waals surface area contributed by atoms with Crippen LogP contribution in [-0.4, -0.2) is 22.8 Å². The number of thiophene rings is 1. The molecule has 0 atom stereocenters. The Kier molecular flexibility index (Phi) is 5.67. The second-order valence-corrected chi connectivity index (χ2v) is 6.01. The van der Waals surface area contributed by atoms with E-state index >= 15 is 0 Å². The summed E-state index contributed by atoms with van der Waals surface area (Å²) in [6.07, 6.45) is 3.06. The van der Waals surface area contributed by atoms with Crippen LogP contribution < -0.4 is 10.6 Å². The molecule has 4 nitrogen and oxygen atoms in total. The molecule has 0 aliphatic carbocycles. The van der Waals surface area contributed by atoms with Gasteiger partial charge in [0.1, 0.15) is 11.6 Å². The molecular formula is C14H20N4S2. The molecule has 0 saturated carbocycles. The van der Waals surface area contributed by atoms with Crippen LogP contribution in [-0.2, 0) is 13.0 Å². The van der Waals surface area contributed by atoms with E-state index < -0.39 is 0 Å². The van der Waals surface area contributed by atoms with Gasteiger partial charge in [-0.05, 0) is 36.6 Å². The minimum atomic E-state index is 0.785. The fourth-order valence-electron chi connectivity index (χ4n) is 1.89. The van der Waals surface area contributed by atoms with E-state index in [-0.39, 0.29) is 0 Å². The lowest BCUT2D eigenvalue weighted by molar-refractivity contribution is 0.949. The minimum absolute atomic E-state index is 0.785. The Hall–Kier alpha value is -1.27. The summed E-state index contributed by atoms with van der Waals surface area (Å²) in [4.78, 5) is 10.3. The summed E-state index contributed by atoms with van der Waals surface area (Å²) in [5.41, 5.74) is 1.41. The number of nitrogens with one attached hydrogen (secondary N) is 2. The molecule has 0 bridgehead atoms. The van der Waals surface area contributed by atoms with Gasteiger partial charge >= 0.3 is 0 Å². The maximum atomic E-state index is 4.49. The maximum absolute atomic E-state index is 4.49. The molecule has 0 amide bonds. The van der Waals surface area contributed by atoms with Crippen molar-refractivity contribution in [3.05, 3.63) is 28.0 Å². The molecule has 108 valence electrons. The number of anilines is 2. The summed E-state index contributed by atoms with van der Waals surface area (Å²) >= 11 is 3.35. The van der Waals surface area contributed by atoms with Gasteiger partial charge in [0.15, 0.2) is 5.16 Å². The maximum Gasteiger partial charge on any atom is 0.191 e. The molecule has 0 unspecified atom stereocenters. The Labute approximate surface area is 128 Å². The highest BCUT2D eigenvalue weighted by molar-refractivity contribution is 7.98. The van der Waals surface area contributed by atoms with Gasteiger partial charge in [-0.25, -0.2) is 9.97 Å². The Morgan fingerprint density at radius 3 is 2.60 bits per heavy atom. The first kappa shape index (κ1) is 15.1. The number of hydrogen-bond donors (Lipinski definition) is 2. The van der Waals surface area contributed by atoms with Crippen LogP contribution in [0.15, 0.2) is 22.7 Å². The van der Waals surface area contributed by atoms with Gasteiger partial charge in [-0.1, -0.05) is 18.7 Å². The third kappa shape index (κ3) is 3.86. The van der Waals surface area contributed by atoms with Crippen molar-refractivity contribution >= 4 is 34.7 Å². The van der Waals surface area contributed by atoms with Crippen molar-refractivity contribution < 1.29 is 0 Å². The van der Waals surface area contributed by atoms with E-state index in [1.54, 1.807) is 23.1 Å². The molecule has 20 heavy (non-hydrogen) atoms. The quantitative estimate of drug-likeness (QED) is 0.601. The zero-order chi connectivity index (χ0) is 14.4. The van der Waals surface area contributed by atoms with Crippen molar-refractivity contribution in [2.75, 3.05) is 23.4 Å². The van der Waals surface area contributed by atoms with Crippen molar-refractivity contribution in [1.29, 1.82) is 0 Å². The first-order valence-corrected chi connectivity index (χ1v) is 8.83. The van der Waals surface area contributed by atoms with Crippen LogP contribution in [0.5, 0.6) is 0 Å². The molecule has 0 aliphatic heterocycles. The Balaban J connectivity index is 2.10. The molecule has 0 radical (unpaired) electrons. The van der Waals surface area contributed by atoms with Crippen molar-refractivity contribution in [2.24, 2.45) is 0 Å². The number of thioether (sulfide) groups is 1. The summed E-state index contributed by atoms with van der Waals surface area (Å²) in [6, 6.07) is 4.15. The van der Waals surface area contributed by atoms with Gasteiger partial charge in [0.2, 0.25) is 0 Å². The summed E-state index contributed by atoms with van der Waals surface area (Å²) in [6.45, 7) is 5.92. The summed E-state index contributed by atoms with van der Waals surface area (Å²) < 4.78 is 0. The van der Waals surface area contributed by atoms with E-state index in [4.69, 9.17) is 0 Å². The third-order valence-corrected chi connectivity index (χ3v) is 4.41. The predicted molar refractivity (Wildman–Crippen MR) is 89.0 cm³/mol. The molecule has 6 heteroatoms. The van der Waals surface area contributed by atoms with Gasteiger partial charge in [0.05, 0.1) is 6.54 Å². The van der Waals surface area contributed by atoms with E-state index in [9.17, 15) is 0 Å². The van der Waals surface area contributed by atoms with Crippen LogP contribution in [0.25, 0.3) is 0 Å². The van der Waals surface area contributed by atoms with Crippen LogP contribution in [0.1, 0.15) is 24.3 Å². The lowest BCUT2D eigenvalue weighted by Crippen LogP contribution is -2.06. The van der Waals surface area contributed by atoms with Crippen molar-refractivity contribution in [2.45, 2.75) is 32.0 Å². The number of rotatable bonds is 7. The fourth-order valence-corrected chi connectivity index (χ4v) is 3.18. The Bertz CT molecular complexity index is 554. The van der Waals surface area contributed by atoms with Crippen molar-refractivity contribution in [1.82, 2.24) is 9.97 Å². The largest absolute Gasteiger partial charge is 0.370 e. The summed E-state index contributed by atoms with van der Waals surface area (Å²) in [7, 11) is 0. The summed E-state index contributed by atoms with van der Waals surface area (Å²) in [5, 5.41) is 9.57. The number of hydrogen-bond acceptors (Lipinski definition) is 6. The standard InChI is InChI=1S/C14H20N4S2/c1-4-10-6-7-20-11(10)9-16-13-8-12(15-5-2)17-14(18-13)19-3/h6-8H,4-5,9H2,1-3H3,(H2,15,16,17,18). The zero-order valence-corrected chi connectivity index (χ0v) is 13.7. The minimum Gasteiger partial charge on any atom is -0.370 e. The topological polar surface area (TPSA) is 49.8 Å². The molecule has 2 rings (SSSR count). The van der Waals surface area contributed by atoms with Crippen LogP contribution in [0.4, 0.5) is 11.6 Å². The van der Waals surface area contributed by atoms with Gasteiger partial charge in [0.25, 0.3) is 0 Å². The molecule has 0 aromatic carbocycles. The molecule has 0 fully saturated rings. The van der Waals surface area contributed by atoms with Crippen LogP contribution in [0.3, 0.4) is 0 Å². The van der Waals surface area contributed by atoms with Gasteiger partial charge < -0.3 is 10.6 Å². The molecule has 0 aliphatic rings. The number of aromatic nitrogens is 2. The molecule has 0 saturated heterocycles. The van der Waals surface area contributed by atoms with Crippen LogP contribution >= 0.6 is 23.1 Å². The SMILES string of the molecule is CCNc1cc(NCc2sccc2CC)nc(SC)n1. The summed E-state index contributed by atoms with van der Waals surface area (Å²) in [5.74, 6) is 1.74. The van der Waals surface area contributed by atoms with Gasteiger partial charge in [0, 0.05) is 17.5 Å². The van der Waals surface area contributed by atoms with E-state index in [1.165, 1.54) is 10.4 Å². The third-order valence-electron chi connectivity index (χ3n) is 2.89. The first-order valence-electron chi connectivity index (χ1n) is 6.72. The smallest absolute Gasteiger partial charge is 0.191 e. The molecule has 2 N–H and O–H groups in total. The molecule has 2 aromatic heterocycles. The molecule has 0 spiro atoms. The average molecular weight is 308 g/mol. The molecular weight excluding hydrogens is 288 g/mol. The lowest BCUT2D eigenvalue weighted by Gasteiger charge is -2.09. The Morgan fingerprint density at radius 1 is 1.20 bits per heavy atom. The van der Waals surface area contributed by atoms with E-state index in [0.717, 1.165) is 36.3 Å². The normalized spacial score (nSPS) is 10.6. The highest BCUT2D eigenvalue weighted by Crippen LogP contribution is 2.21. The van der Waals surface area contributed by atoms with Crippen LogP contribution in [0.2, 0.25) is 0 Å². The second kappa shape index (κ2) is 7.50. The first-order chi connectivity index (χ1) is 9.76. The monoisotopic (exact) mass is 308 g/mol. The predicted octanol–water partition coefficient (Wildman–Crippen LogP) is 3.87. The number of aryl methyl sites for hydroxylation is 1. The van der Waals surface area contributed by atoms with Crippen molar-refractivity contribution in [3.63, 3.8) is 0 Å². The van der Waals surface area contributed by atoms with E-state index in [1.807, 2.05) is 12.3 Å². The lowest BCUT2D eigenvalue weighted by atomic mass is 10.2. The van der Waals surface area contributed by atoms with E-state index in [2.05, 4.69) is 45.9 Å². The molecule has 2 aromatic rings. The van der Waals surface area contributed by atoms with Gasteiger partial charge in [-0.15, -0.1) is 11.3 Å². The number of nitrogens with zero attached hydrogens (tertiary/aromatic N) is 2. The average Bonchev–Trinajstić information content (AvgIpc) is 2.92. The second-order valence-electron chi connectivity index (χ2n) is 4.23. The van der Waals surface area contributed by atoms with Crippen LogP contribution in [0, 0.1) is 0 Å². The Morgan fingerprint density at radius 2 is 1.95 bits per heavy atom. The molecule has 2 heterocycles. The van der Waals surface area contributed by atoms with Crippen molar-refractivity contribution in [3.8, 4) is 0 Å².